The third-order valence-corrected chi connectivity index (χ3v) is 5.07. The zero-order chi connectivity index (χ0) is 19.4. The van der Waals surface area contributed by atoms with Crippen molar-refractivity contribution < 1.29 is 19.2 Å². The van der Waals surface area contributed by atoms with Gasteiger partial charge in [0.25, 0.3) is 5.88 Å². The van der Waals surface area contributed by atoms with Crippen molar-refractivity contribution in [2.75, 3.05) is 13.1 Å². The molecule has 0 spiro atoms. The second-order valence-electron chi connectivity index (χ2n) is 7.53. The first-order valence-corrected chi connectivity index (χ1v) is 9.56. The first-order chi connectivity index (χ1) is 12.9. The van der Waals surface area contributed by atoms with Crippen LogP contribution in [0.2, 0.25) is 0 Å². The average molecular weight is 372 g/mol. The van der Waals surface area contributed by atoms with Gasteiger partial charge in [-0.3, -0.25) is 4.79 Å². The lowest BCUT2D eigenvalue weighted by Crippen LogP contribution is -2.45. The minimum atomic E-state index is -0.851. The number of rotatable bonds is 6. The molecule has 1 fully saturated rings. The van der Waals surface area contributed by atoms with Crippen molar-refractivity contribution in [3.63, 3.8) is 0 Å². The van der Waals surface area contributed by atoms with Crippen LogP contribution in [0.5, 0.6) is 5.88 Å². The summed E-state index contributed by atoms with van der Waals surface area (Å²) in [6, 6.07) is 9.65. The van der Waals surface area contributed by atoms with Gasteiger partial charge in [0.15, 0.2) is 0 Å². The van der Waals surface area contributed by atoms with E-state index in [1.807, 2.05) is 49.9 Å². The van der Waals surface area contributed by atoms with E-state index in [4.69, 9.17) is 9.26 Å². The topological polar surface area (TPSA) is 75.8 Å². The molecule has 0 aliphatic carbocycles. The fraction of sp³-hybridized carbons (Fsp3) is 0.524. The molecule has 6 heteroatoms. The van der Waals surface area contributed by atoms with Gasteiger partial charge in [0.05, 0.1) is 11.7 Å². The minimum absolute atomic E-state index is 0.0323. The molecule has 6 nitrogen and oxygen atoms in total. The second kappa shape index (κ2) is 8.13. The predicted octanol–water partition coefficient (Wildman–Crippen LogP) is 3.21. The molecule has 0 radical (unpaired) electrons. The Morgan fingerprint density at radius 2 is 2.04 bits per heavy atom. The first-order valence-electron chi connectivity index (χ1n) is 9.56. The number of carbonyl (C=O) groups excluding carboxylic acids is 1. The van der Waals surface area contributed by atoms with Crippen LogP contribution in [0.1, 0.15) is 50.0 Å². The van der Waals surface area contributed by atoms with E-state index in [1.54, 1.807) is 6.07 Å². The maximum absolute atomic E-state index is 12.5. The van der Waals surface area contributed by atoms with Gasteiger partial charge in [-0.25, -0.2) is 0 Å². The Labute approximate surface area is 160 Å². The van der Waals surface area contributed by atoms with Crippen LogP contribution in [0, 0.1) is 6.92 Å². The lowest BCUT2D eigenvalue weighted by molar-refractivity contribution is -0.135. The van der Waals surface area contributed by atoms with Crippen LogP contribution in [0.15, 0.2) is 34.9 Å². The van der Waals surface area contributed by atoms with Gasteiger partial charge in [0.1, 0.15) is 5.76 Å². The van der Waals surface area contributed by atoms with Crippen LogP contribution in [-0.4, -0.2) is 40.3 Å². The molecule has 0 atom stereocenters. The highest BCUT2D eigenvalue weighted by Gasteiger charge is 2.36. The third kappa shape index (κ3) is 4.69. The molecule has 1 amide bonds. The van der Waals surface area contributed by atoms with Gasteiger partial charge in [0.2, 0.25) is 5.91 Å². The molecule has 1 saturated heterocycles. The van der Waals surface area contributed by atoms with Crippen LogP contribution in [0.25, 0.3) is 0 Å². The van der Waals surface area contributed by atoms with Crippen molar-refractivity contribution in [3.8, 4) is 5.88 Å². The van der Waals surface area contributed by atoms with Crippen LogP contribution in [0.4, 0.5) is 0 Å². The Morgan fingerprint density at radius 3 is 2.70 bits per heavy atom. The Morgan fingerprint density at radius 1 is 1.33 bits per heavy atom. The highest BCUT2D eigenvalue weighted by molar-refractivity contribution is 5.76. The summed E-state index contributed by atoms with van der Waals surface area (Å²) in [5.41, 5.74) is 1.21. The van der Waals surface area contributed by atoms with Gasteiger partial charge in [-0.15, -0.1) is 0 Å². The molecular formula is C21H28N2O4. The average Bonchev–Trinajstić information content (AvgIpc) is 3.07. The number of amides is 1. The SMILES string of the molecule is Cc1ccccc1C1(O)CCN(C(=O)CCc2cc(OC(C)C)no2)CC1. The molecule has 1 aromatic heterocycles. The number of aromatic nitrogens is 1. The molecule has 1 N–H and O–H groups in total. The van der Waals surface area contributed by atoms with Crippen molar-refractivity contribution in [1.29, 1.82) is 0 Å². The molecule has 1 aliphatic heterocycles. The molecule has 2 aromatic rings. The van der Waals surface area contributed by atoms with E-state index < -0.39 is 5.60 Å². The van der Waals surface area contributed by atoms with E-state index in [9.17, 15) is 9.90 Å². The molecule has 27 heavy (non-hydrogen) atoms. The summed E-state index contributed by atoms with van der Waals surface area (Å²) >= 11 is 0. The Hall–Kier alpha value is -2.34. The summed E-state index contributed by atoms with van der Waals surface area (Å²) in [5.74, 6) is 1.17. The lowest BCUT2D eigenvalue weighted by Gasteiger charge is -2.39. The van der Waals surface area contributed by atoms with Crippen molar-refractivity contribution in [2.45, 2.75) is 58.2 Å². The van der Waals surface area contributed by atoms with Crippen molar-refractivity contribution >= 4 is 5.91 Å². The number of likely N-dealkylation sites (tertiary alicyclic amines) is 1. The van der Waals surface area contributed by atoms with Crippen LogP contribution >= 0.6 is 0 Å². The maximum atomic E-state index is 12.5. The summed E-state index contributed by atoms with van der Waals surface area (Å²) in [4.78, 5) is 14.3. The monoisotopic (exact) mass is 372 g/mol. The van der Waals surface area contributed by atoms with Crippen molar-refractivity contribution in [2.24, 2.45) is 0 Å². The van der Waals surface area contributed by atoms with Gasteiger partial charge < -0.3 is 19.3 Å². The van der Waals surface area contributed by atoms with Gasteiger partial charge in [-0.05, 0) is 49.9 Å². The number of carbonyl (C=O) groups is 1. The molecule has 0 bridgehead atoms. The Balaban J connectivity index is 1.51. The summed E-state index contributed by atoms with van der Waals surface area (Å²) < 4.78 is 10.7. The fourth-order valence-corrected chi connectivity index (χ4v) is 3.59. The highest BCUT2D eigenvalue weighted by atomic mass is 16.5. The van der Waals surface area contributed by atoms with E-state index >= 15 is 0 Å². The van der Waals surface area contributed by atoms with E-state index in [0.717, 1.165) is 11.1 Å². The van der Waals surface area contributed by atoms with Crippen molar-refractivity contribution in [3.05, 3.63) is 47.2 Å². The number of ether oxygens (including phenoxy) is 1. The molecule has 146 valence electrons. The van der Waals surface area contributed by atoms with E-state index in [0.29, 0.717) is 50.4 Å². The molecule has 2 heterocycles. The largest absolute Gasteiger partial charge is 0.473 e. The Kier molecular flexibility index (Phi) is 5.85. The molecule has 0 saturated carbocycles. The van der Waals surface area contributed by atoms with E-state index in [-0.39, 0.29) is 12.0 Å². The summed E-state index contributed by atoms with van der Waals surface area (Å²) in [7, 11) is 0. The molecule has 3 rings (SSSR count). The van der Waals surface area contributed by atoms with E-state index in [1.165, 1.54) is 0 Å². The highest BCUT2D eigenvalue weighted by Crippen LogP contribution is 2.34. The van der Waals surface area contributed by atoms with Gasteiger partial charge >= 0.3 is 0 Å². The molecular weight excluding hydrogens is 344 g/mol. The van der Waals surface area contributed by atoms with Crippen LogP contribution in [0.3, 0.4) is 0 Å². The van der Waals surface area contributed by atoms with E-state index in [2.05, 4.69) is 5.16 Å². The number of hydrogen-bond acceptors (Lipinski definition) is 5. The maximum Gasteiger partial charge on any atom is 0.254 e. The number of aryl methyl sites for hydroxylation is 2. The fourth-order valence-electron chi connectivity index (χ4n) is 3.59. The lowest BCUT2D eigenvalue weighted by atomic mass is 9.82. The zero-order valence-corrected chi connectivity index (χ0v) is 16.3. The standard InChI is InChI=1S/C21H28N2O4/c1-15(2)26-19-14-17(27-22-19)8-9-20(24)23-12-10-21(25,11-13-23)18-7-5-4-6-16(18)3/h4-7,14-15,25H,8-13H2,1-3H3. The smallest absolute Gasteiger partial charge is 0.254 e. The minimum Gasteiger partial charge on any atom is -0.473 e. The zero-order valence-electron chi connectivity index (χ0n) is 16.3. The van der Waals surface area contributed by atoms with Crippen LogP contribution in [-0.2, 0) is 16.8 Å². The summed E-state index contributed by atoms with van der Waals surface area (Å²) in [5, 5.41) is 14.9. The number of benzene rings is 1. The Bertz CT molecular complexity index is 776. The predicted molar refractivity (Wildman–Crippen MR) is 101 cm³/mol. The summed E-state index contributed by atoms with van der Waals surface area (Å²) in [6.07, 6.45) is 1.99. The number of piperidine rings is 1. The van der Waals surface area contributed by atoms with Gasteiger partial charge in [-0.1, -0.05) is 24.3 Å². The normalized spacial score (nSPS) is 16.6. The van der Waals surface area contributed by atoms with Gasteiger partial charge in [-0.2, -0.15) is 0 Å². The van der Waals surface area contributed by atoms with Crippen LogP contribution < -0.4 is 4.74 Å². The number of nitrogens with zero attached hydrogens (tertiary/aromatic N) is 2. The molecule has 1 aromatic carbocycles. The number of hydrogen-bond donors (Lipinski definition) is 1. The molecule has 1 aliphatic rings. The summed E-state index contributed by atoms with van der Waals surface area (Å²) in [6.45, 7) is 6.97. The number of aliphatic hydroxyl groups is 1. The second-order valence-corrected chi connectivity index (χ2v) is 7.53. The van der Waals surface area contributed by atoms with Crippen molar-refractivity contribution in [1.82, 2.24) is 10.1 Å². The third-order valence-electron chi connectivity index (χ3n) is 5.07. The van der Waals surface area contributed by atoms with Gasteiger partial charge in [0, 0.05) is 32.0 Å². The molecule has 0 unspecified atom stereocenters. The first kappa shape index (κ1) is 19.4. The quantitative estimate of drug-likeness (QED) is 0.843.